The van der Waals surface area contributed by atoms with E-state index in [1.54, 1.807) is 11.0 Å². The summed E-state index contributed by atoms with van der Waals surface area (Å²) in [5.74, 6) is 1.75. The second kappa shape index (κ2) is 6.33. The molecule has 0 saturated carbocycles. The van der Waals surface area contributed by atoms with Gasteiger partial charge in [-0.05, 0) is 24.1 Å². The van der Waals surface area contributed by atoms with Gasteiger partial charge in [-0.1, -0.05) is 19.1 Å². The minimum atomic E-state index is -0.104. The Labute approximate surface area is 113 Å². The van der Waals surface area contributed by atoms with Crippen LogP contribution in [0.4, 0.5) is 0 Å². The van der Waals surface area contributed by atoms with E-state index >= 15 is 0 Å². The monoisotopic (exact) mass is 260 g/mol. The SMILES string of the molecule is CCCOc1cccc(C(N)Cc2ncnn2C)c1. The van der Waals surface area contributed by atoms with Gasteiger partial charge in [0.25, 0.3) is 0 Å². The quantitative estimate of drug-likeness (QED) is 0.860. The Morgan fingerprint density at radius 1 is 1.42 bits per heavy atom. The van der Waals surface area contributed by atoms with Crippen molar-refractivity contribution in [3.05, 3.63) is 42.0 Å². The highest BCUT2D eigenvalue weighted by atomic mass is 16.5. The van der Waals surface area contributed by atoms with Crippen LogP contribution in [0.3, 0.4) is 0 Å². The Balaban J connectivity index is 2.06. The summed E-state index contributed by atoms with van der Waals surface area (Å²) in [6.07, 6.45) is 3.20. The molecule has 5 nitrogen and oxygen atoms in total. The molecule has 1 atom stereocenters. The second-order valence-electron chi connectivity index (χ2n) is 4.53. The minimum Gasteiger partial charge on any atom is -0.494 e. The summed E-state index contributed by atoms with van der Waals surface area (Å²) in [4.78, 5) is 4.19. The molecule has 0 aliphatic rings. The van der Waals surface area contributed by atoms with E-state index in [0.29, 0.717) is 6.42 Å². The molecule has 0 fully saturated rings. The van der Waals surface area contributed by atoms with Gasteiger partial charge in [-0.15, -0.1) is 0 Å². The van der Waals surface area contributed by atoms with Crippen molar-refractivity contribution in [3.63, 3.8) is 0 Å². The molecule has 0 aliphatic carbocycles. The minimum absolute atomic E-state index is 0.104. The number of aryl methyl sites for hydroxylation is 1. The predicted octanol–water partition coefficient (Wildman–Crippen LogP) is 1.85. The van der Waals surface area contributed by atoms with Gasteiger partial charge in [0.05, 0.1) is 6.61 Å². The van der Waals surface area contributed by atoms with Crippen LogP contribution in [0.25, 0.3) is 0 Å². The van der Waals surface area contributed by atoms with Gasteiger partial charge in [0.15, 0.2) is 0 Å². The first-order valence-electron chi connectivity index (χ1n) is 6.52. The van der Waals surface area contributed by atoms with Gasteiger partial charge in [-0.3, -0.25) is 4.68 Å². The van der Waals surface area contributed by atoms with Crippen LogP contribution in [-0.4, -0.2) is 21.4 Å². The zero-order valence-electron chi connectivity index (χ0n) is 11.4. The Morgan fingerprint density at radius 3 is 2.95 bits per heavy atom. The predicted molar refractivity (Wildman–Crippen MR) is 73.9 cm³/mol. The van der Waals surface area contributed by atoms with Crippen molar-refractivity contribution >= 4 is 0 Å². The Kier molecular flexibility index (Phi) is 4.52. The van der Waals surface area contributed by atoms with E-state index in [2.05, 4.69) is 17.0 Å². The first kappa shape index (κ1) is 13.5. The lowest BCUT2D eigenvalue weighted by Crippen LogP contribution is -2.16. The molecule has 0 amide bonds. The first-order chi connectivity index (χ1) is 9.20. The molecular weight excluding hydrogens is 240 g/mol. The molecule has 0 bridgehead atoms. The highest BCUT2D eigenvalue weighted by molar-refractivity contribution is 5.30. The Bertz CT molecular complexity index is 524. The van der Waals surface area contributed by atoms with E-state index < -0.39 is 0 Å². The lowest BCUT2D eigenvalue weighted by molar-refractivity contribution is 0.317. The van der Waals surface area contributed by atoms with Crippen LogP contribution in [0.5, 0.6) is 5.75 Å². The van der Waals surface area contributed by atoms with E-state index in [1.165, 1.54) is 0 Å². The summed E-state index contributed by atoms with van der Waals surface area (Å²) < 4.78 is 7.36. The number of benzene rings is 1. The van der Waals surface area contributed by atoms with Gasteiger partial charge in [0.2, 0.25) is 0 Å². The number of nitrogens with zero attached hydrogens (tertiary/aromatic N) is 3. The average molecular weight is 260 g/mol. The molecular formula is C14H20N4O. The lowest BCUT2D eigenvalue weighted by atomic mass is 10.0. The van der Waals surface area contributed by atoms with E-state index in [1.807, 2.05) is 31.3 Å². The zero-order valence-corrected chi connectivity index (χ0v) is 11.4. The van der Waals surface area contributed by atoms with Crippen LogP contribution < -0.4 is 10.5 Å². The van der Waals surface area contributed by atoms with Gasteiger partial charge in [0.1, 0.15) is 17.9 Å². The van der Waals surface area contributed by atoms with Crippen molar-refractivity contribution in [2.75, 3.05) is 6.61 Å². The van der Waals surface area contributed by atoms with Crippen molar-refractivity contribution in [3.8, 4) is 5.75 Å². The van der Waals surface area contributed by atoms with Crippen LogP contribution >= 0.6 is 0 Å². The summed E-state index contributed by atoms with van der Waals surface area (Å²) in [5.41, 5.74) is 7.27. The fourth-order valence-corrected chi connectivity index (χ4v) is 1.87. The molecule has 2 rings (SSSR count). The lowest BCUT2D eigenvalue weighted by Gasteiger charge is -2.13. The largest absolute Gasteiger partial charge is 0.494 e. The van der Waals surface area contributed by atoms with Crippen molar-refractivity contribution in [2.45, 2.75) is 25.8 Å². The molecule has 1 unspecified atom stereocenters. The molecule has 1 aromatic heterocycles. The number of rotatable bonds is 6. The molecule has 1 aromatic carbocycles. The number of hydrogen-bond acceptors (Lipinski definition) is 4. The molecule has 0 spiro atoms. The fraction of sp³-hybridized carbons (Fsp3) is 0.429. The average Bonchev–Trinajstić information content (AvgIpc) is 2.82. The first-order valence-corrected chi connectivity index (χ1v) is 6.52. The summed E-state index contributed by atoms with van der Waals surface area (Å²) in [6.45, 7) is 2.81. The summed E-state index contributed by atoms with van der Waals surface area (Å²) >= 11 is 0. The van der Waals surface area contributed by atoms with Crippen LogP contribution in [-0.2, 0) is 13.5 Å². The highest BCUT2D eigenvalue weighted by Gasteiger charge is 2.11. The van der Waals surface area contributed by atoms with Gasteiger partial charge >= 0.3 is 0 Å². The van der Waals surface area contributed by atoms with Crippen molar-refractivity contribution in [1.82, 2.24) is 14.8 Å². The molecule has 19 heavy (non-hydrogen) atoms. The van der Waals surface area contributed by atoms with Gasteiger partial charge < -0.3 is 10.5 Å². The van der Waals surface area contributed by atoms with Crippen LogP contribution in [0.1, 0.15) is 30.8 Å². The van der Waals surface area contributed by atoms with Crippen molar-refractivity contribution in [1.29, 1.82) is 0 Å². The summed E-state index contributed by atoms with van der Waals surface area (Å²) in [7, 11) is 1.87. The zero-order chi connectivity index (χ0) is 13.7. The molecule has 0 aliphatic heterocycles. The number of ether oxygens (including phenoxy) is 1. The maximum Gasteiger partial charge on any atom is 0.138 e. The van der Waals surface area contributed by atoms with Gasteiger partial charge in [-0.2, -0.15) is 5.10 Å². The van der Waals surface area contributed by atoms with E-state index in [0.717, 1.165) is 30.2 Å². The molecule has 2 aromatic rings. The number of nitrogens with two attached hydrogens (primary N) is 1. The Morgan fingerprint density at radius 2 is 2.26 bits per heavy atom. The normalized spacial score (nSPS) is 12.4. The molecule has 5 heteroatoms. The summed E-state index contributed by atoms with van der Waals surface area (Å²) in [6, 6.07) is 7.83. The maximum atomic E-state index is 6.22. The molecule has 1 heterocycles. The highest BCUT2D eigenvalue weighted by Crippen LogP contribution is 2.20. The molecule has 0 saturated heterocycles. The second-order valence-corrected chi connectivity index (χ2v) is 4.53. The Hall–Kier alpha value is -1.88. The number of hydrogen-bond donors (Lipinski definition) is 1. The van der Waals surface area contributed by atoms with Crippen molar-refractivity contribution in [2.24, 2.45) is 12.8 Å². The third kappa shape index (κ3) is 3.54. The molecule has 102 valence electrons. The van der Waals surface area contributed by atoms with E-state index in [4.69, 9.17) is 10.5 Å². The van der Waals surface area contributed by atoms with Gasteiger partial charge in [0, 0.05) is 19.5 Å². The van der Waals surface area contributed by atoms with Crippen molar-refractivity contribution < 1.29 is 4.74 Å². The van der Waals surface area contributed by atoms with E-state index in [-0.39, 0.29) is 6.04 Å². The topological polar surface area (TPSA) is 66.0 Å². The standard InChI is InChI=1S/C14H20N4O/c1-3-7-19-12-6-4-5-11(8-12)13(15)9-14-16-10-17-18(14)2/h4-6,8,10,13H,3,7,9,15H2,1-2H3. The maximum absolute atomic E-state index is 6.22. The third-order valence-corrected chi connectivity index (χ3v) is 2.97. The smallest absolute Gasteiger partial charge is 0.138 e. The van der Waals surface area contributed by atoms with Crippen LogP contribution in [0.15, 0.2) is 30.6 Å². The van der Waals surface area contributed by atoms with Crippen LogP contribution in [0, 0.1) is 0 Å². The molecule has 0 radical (unpaired) electrons. The van der Waals surface area contributed by atoms with Gasteiger partial charge in [-0.25, -0.2) is 4.98 Å². The summed E-state index contributed by atoms with van der Waals surface area (Å²) in [5, 5.41) is 4.05. The third-order valence-electron chi connectivity index (χ3n) is 2.97. The van der Waals surface area contributed by atoms with E-state index in [9.17, 15) is 0 Å². The number of aromatic nitrogens is 3. The molecule has 2 N–H and O–H groups in total. The van der Waals surface area contributed by atoms with Crippen LogP contribution in [0.2, 0.25) is 0 Å². The fourth-order valence-electron chi connectivity index (χ4n) is 1.87.